The molecule has 57 heavy (non-hydrogen) atoms. The van der Waals surface area contributed by atoms with Crippen molar-refractivity contribution in [3.05, 3.63) is 47.9 Å². The van der Waals surface area contributed by atoms with Crippen molar-refractivity contribution in [2.24, 2.45) is 11.8 Å². The molecule has 1 unspecified atom stereocenters. The summed E-state index contributed by atoms with van der Waals surface area (Å²) < 4.78 is 36.3. The number of hydrogen-bond acceptors (Lipinski definition) is 13. The lowest BCUT2D eigenvalue weighted by atomic mass is 9.99. The summed E-state index contributed by atoms with van der Waals surface area (Å²) in [6, 6.07) is -0.803. The fraction of sp³-hybridized carbons (Fsp3) is 0.625. The van der Waals surface area contributed by atoms with E-state index in [4.69, 9.17) is 27.6 Å². The van der Waals surface area contributed by atoms with Crippen molar-refractivity contribution in [1.82, 2.24) is 15.5 Å². The van der Waals surface area contributed by atoms with Crippen molar-refractivity contribution >= 4 is 53.8 Å². The Bertz CT molecular complexity index is 1670. The lowest BCUT2D eigenvalue weighted by molar-refractivity contribution is -0.122. The maximum absolute atomic E-state index is 14.0. The molecule has 1 aromatic heterocycles. The fourth-order valence-electron chi connectivity index (χ4n) is 5.12. The number of carbonyl (C=O) groups excluding carboxylic acids is 3. The van der Waals surface area contributed by atoms with Gasteiger partial charge in [-0.05, 0) is 59.9 Å². The SMILES string of the molecule is C=CCOC(=O)Nc1noc(C(CSCc2c(O[Si](C)C(C)(C)C(C)C)c(O[Si](C)C(C)(C)C(C)C)c(OC)c(C)c2C(=O)OCC=C)NC(=O)CCCCO)n1. The first-order chi connectivity index (χ1) is 26.8. The van der Waals surface area contributed by atoms with E-state index in [1.54, 1.807) is 7.11 Å². The number of unbranched alkanes of at least 4 members (excludes halogenated alkanes) is 1. The number of nitrogens with one attached hydrogen (secondary N) is 2. The van der Waals surface area contributed by atoms with Crippen LogP contribution in [0.25, 0.3) is 0 Å². The Morgan fingerprint density at radius 2 is 1.51 bits per heavy atom. The Balaban J connectivity index is 2.79. The molecule has 3 N–H and O–H groups in total. The van der Waals surface area contributed by atoms with Crippen LogP contribution in [0, 0.1) is 18.8 Å². The van der Waals surface area contributed by atoms with E-state index in [1.807, 2.05) is 6.92 Å². The zero-order chi connectivity index (χ0) is 43.1. The van der Waals surface area contributed by atoms with Crippen LogP contribution in [0.3, 0.4) is 0 Å². The van der Waals surface area contributed by atoms with E-state index < -0.39 is 36.2 Å². The normalized spacial score (nSPS) is 12.4. The molecule has 0 spiro atoms. The van der Waals surface area contributed by atoms with E-state index in [1.165, 1.54) is 23.9 Å². The van der Waals surface area contributed by atoms with Gasteiger partial charge in [-0.15, -0.1) is 0 Å². The molecule has 0 saturated carbocycles. The Labute approximate surface area is 346 Å². The van der Waals surface area contributed by atoms with Crippen LogP contribution < -0.4 is 24.2 Å². The van der Waals surface area contributed by atoms with Crippen molar-refractivity contribution < 1.29 is 47.1 Å². The quantitative estimate of drug-likeness (QED) is 0.0375. The highest BCUT2D eigenvalue weighted by Crippen LogP contribution is 2.51. The second-order valence-electron chi connectivity index (χ2n) is 15.4. The predicted octanol–water partition coefficient (Wildman–Crippen LogP) is 8.59. The number of nitrogens with zero attached hydrogens (tertiary/aromatic N) is 2. The number of methoxy groups -OCH3 is 1. The second-order valence-corrected chi connectivity index (χ2v) is 21.7. The first-order valence-corrected chi connectivity index (χ1v) is 24.2. The Kier molecular flexibility index (Phi) is 19.9. The molecule has 0 fully saturated rings. The molecule has 17 heteroatoms. The highest BCUT2D eigenvalue weighted by atomic mass is 32.2. The molecule has 1 atom stereocenters. The van der Waals surface area contributed by atoms with Gasteiger partial charge in [-0.1, -0.05) is 80.7 Å². The zero-order valence-electron chi connectivity index (χ0n) is 35.9. The Morgan fingerprint density at radius 1 is 0.930 bits per heavy atom. The van der Waals surface area contributed by atoms with E-state index in [-0.39, 0.29) is 71.5 Å². The molecule has 0 aliphatic heterocycles. The van der Waals surface area contributed by atoms with Gasteiger partial charge in [0.2, 0.25) is 5.91 Å². The van der Waals surface area contributed by atoms with Gasteiger partial charge in [-0.3, -0.25) is 10.1 Å². The number of amides is 2. The summed E-state index contributed by atoms with van der Waals surface area (Å²) in [6.07, 6.45) is 3.22. The van der Waals surface area contributed by atoms with Gasteiger partial charge in [0.05, 0.1) is 12.7 Å². The number of aliphatic hydroxyl groups is 1. The predicted molar refractivity (Wildman–Crippen MR) is 228 cm³/mol. The van der Waals surface area contributed by atoms with Crippen molar-refractivity contribution in [3.63, 3.8) is 0 Å². The van der Waals surface area contributed by atoms with Gasteiger partial charge in [-0.25, -0.2) is 9.59 Å². The summed E-state index contributed by atoms with van der Waals surface area (Å²) in [6.45, 7) is 30.7. The third-order valence-corrected chi connectivity index (χ3v) is 17.5. The van der Waals surface area contributed by atoms with E-state index in [9.17, 15) is 19.5 Å². The van der Waals surface area contributed by atoms with Crippen LogP contribution in [0.15, 0.2) is 29.8 Å². The second kappa shape index (κ2) is 23.0. The molecule has 0 bridgehead atoms. The van der Waals surface area contributed by atoms with Crippen LogP contribution in [-0.2, 0) is 20.0 Å². The van der Waals surface area contributed by atoms with Gasteiger partial charge in [0, 0.05) is 35.7 Å². The van der Waals surface area contributed by atoms with E-state index in [0.717, 1.165) is 0 Å². The van der Waals surface area contributed by atoms with E-state index >= 15 is 0 Å². The lowest BCUT2D eigenvalue weighted by Gasteiger charge is -2.37. The Morgan fingerprint density at radius 3 is 2.05 bits per heavy atom. The van der Waals surface area contributed by atoms with Gasteiger partial charge in [0.25, 0.3) is 29.9 Å². The maximum atomic E-state index is 14.0. The number of aromatic nitrogens is 2. The summed E-state index contributed by atoms with van der Waals surface area (Å²) in [5.74, 6) is 1.34. The molecular formula is C40H64N4O10SSi2. The average Bonchev–Trinajstić information content (AvgIpc) is 3.61. The minimum absolute atomic E-state index is 0.00541. The summed E-state index contributed by atoms with van der Waals surface area (Å²) >= 11 is 1.39. The number of anilines is 1. The highest BCUT2D eigenvalue weighted by molar-refractivity contribution is 7.98. The number of esters is 1. The molecule has 0 saturated heterocycles. The largest absolute Gasteiger partial charge is 0.539 e. The smallest absolute Gasteiger partial charge is 0.414 e. The van der Waals surface area contributed by atoms with Crippen LogP contribution in [-0.4, -0.2) is 84.0 Å². The van der Waals surface area contributed by atoms with Gasteiger partial charge >= 0.3 is 12.1 Å². The molecule has 14 nitrogen and oxygen atoms in total. The van der Waals surface area contributed by atoms with E-state index in [2.05, 4.69) is 102 Å². The summed E-state index contributed by atoms with van der Waals surface area (Å²) in [4.78, 5) is 43.6. The van der Waals surface area contributed by atoms with Crippen LogP contribution in [0.5, 0.6) is 17.2 Å². The van der Waals surface area contributed by atoms with Gasteiger partial charge < -0.3 is 38.0 Å². The van der Waals surface area contributed by atoms with Crippen molar-refractivity contribution in [1.29, 1.82) is 0 Å². The molecule has 0 aliphatic rings. The number of carbonyl (C=O) groups is 3. The topological polar surface area (TPSA) is 181 Å². The van der Waals surface area contributed by atoms with Gasteiger partial charge in [0.15, 0.2) is 17.2 Å². The highest BCUT2D eigenvalue weighted by Gasteiger charge is 2.40. The van der Waals surface area contributed by atoms with Crippen LogP contribution in [0.4, 0.5) is 10.7 Å². The third kappa shape index (κ3) is 13.6. The first-order valence-electron chi connectivity index (χ1n) is 19.2. The molecule has 2 aromatic rings. The number of hydrogen-bond donors (Lipinski definition) is 3. The molecule has 0 aliphatic carbocycles. The van der Waals surface area contributed by atoms with Crippen LogP contribution >= 0.6 is 11.8 Å². The fourth-order valence-corrected chi connectivity index (χ4v) is 9.35. The molecule has 2 radical (unpaired) electrons. The van der Waals surface area contributed by atoms with Crippen molar-refractivity contribution in [2.75, 3.05) is 38.0 Å². The van der Waals surface area contributed by atoms with Crippen LogP contribution in [0.1, 0.15) is 108 Å². The first kappa shape index (κ1) is 49.3. The number of rotatable bonds is 25. The standard InChI is InChI=1S/C40H64N4O10SSi2/c1-15-21-50-36(47)31-27(7)32(49-12)34(54-57(14)40(10,11)26(5)6)33(53-56(13)39(8,9)25(3)4)28(31)23-55-24-29(41-30(46)19-17-18-20-45)35-42-37(44-52-35)43-38(48)51-22-16-2/h15-16,25-26,29,45H,1-2,17-24H2,3-14H3,(H,41,46)(H,43,44,48). The third-order valence-electron chi connectivity index (χ3n) is 10.6. The minimum Gasteiger partial charge on any atom is -0.539 e. The van der Waals surface area contributed by atoms with E-state index in [0.29, 0.717) is 52.7 Å². The molecule has 1 heterocycles. The summed E-state index contributed by atoms with van der Waals surface area (Å²) in [7, 11) is -1.63. The monoisotopic (exact) mass is 848 g/mol. The molecule has 2 amide bonds. The van der Waals surface area contributed by atoms with Gasteiger partial charge in [-0.2, -0.15) is 16.7 Å². The Hall–Kier alpha value is -3.81. The minimum atomic E-state index is -1.63. The molecule has 318 valence electrons. The maximum Gasteiger partial charge on any atom is 0.414 e. The van der Waals surface area contributed by atoms with Crippen LogP contribution in [0.2, 0.25) is 23.2 Å². The zero-order valence-corrected chi connectivity index (χ0v) is 38.7. The van der Waals surface area contributed by atoms with Crippen molar-refractivity contribution in [3.8, 4) is 17.2 Å². The number of aliphatic hydroxyl groups excluding tert-OH is 1. The number of ether oxygens (including phenoxy) is 3. The average molecular weight is 849 g/mol. The number of benzene rings is 1. The number of thioether (sulfide) groups is 1. The molecule has 1 aromatic carbocycles. The summed E-state index contributed by atoms with van der Waals surface area (Å²) in [5, 5.41) is 18.1. The van der Waals surface area contributed by atoms with Crippen molar-refractivity contribution in [2.45, 2.75) is 117 Å². The lowest BCUT2D eigenvalue weighted by Crippen LogP contribution is -2.37. The molecule has 2 rings (SSSR count). The molecular weight excluding hydrogens is 785 g/mol. The summed E-state index contributed by atoms with van der Waals surface area (Å²) in [5.41, 5.74) is 1.40. The van der Waals surface area contributed by atoms with Gasteiger partial charge in [0.1, 0.15) is 19.3 Å².